The van der Waals surface area contributed by atoms with Crippen LogP contribution in [0.4, 0.5) is 23.7 Å². The average Bonchev–Trinajstić information content (AvgIpc) is 3.31. The molecule has 7 nitrogen and oxygen atoms in total. The van der Waals surface area contributed by atoms with Gasteiger partial charge in [0.15, 0.2) is 5.78 Å². The number of Topliss-reactive ketones (excluding diaryl/α,β-unsaturated/α-hetero) is 1. The van der Waals surface area contributed by atoms with Crippen LogP contribution in [0, 0.1) is 0 Å². The van der Waals surface area contributed by atoms with Crippen molar-refractivity contribution in [2.45, 2.75) is 64.8 Å². The summed E-state index contributed by atoms with van der Waals surface area (Å²) in [7, 11) is 0. The number of fused-ring (bicyclic) bond motifs is 1. The van der Waals surface area contributed by atoms with E-state index >= 15 is 0 Å². The molecular formula is C28H35F3N2O5S. The van der Waals surface area contributed by atoms with Crippen molar-refractivity contribution in [1.82, 2.24) is 4.90 Å². The zero-order valence-corrected chi connectivity index (χ0v) is 23.5. The van der Waals surface area contributed by atoms with E-state index in [9.17, 15) is 22.8 Å². The van der Waals surface area contributed by atoms with Crippen molar-refractivity contribution in [1.29, 1.82) is 0 Å². The third-order valence-electron chi connectivity index (χ3n) is 5.90. The van der Waals surface area contributed by atoms with Gasteiger partial charge in [-0.25, -0.2) is 4.79 Å². The van der Waals surface area contributed by atoms with E-state index in [1.54, 1.807) is 32.9 Å². The van der Waals surface area contributed by atoms with E-state index in [0.29, 0.717) is 43.5 Å². The molecule has 0 aromatic heterocycles. The van der Waals surface area contributed by atoms with Crippen LogP contribution in [-0.2, 0) is 17.6 Å². The van der Waals surface area contributed by atoms with Gasteiger partial charge in [-0.05, 0) is 63.8 Å². The van der Waals surface area contributed by atoms with Crippen molar-refractivity contribution in [3.63, 3.8) is 0 Å². The summed E-state index contributed by atoms with van der Waals surface area (Å²) >= 11 is 1.42. The minimum atomic E-state index is -4.81. The van der Waals surface area contributed by atoms with Crippen LogP contribution >= 0.6 is 11.9 Å². The Morgan fingerprint density at radius 3 is 2.54 bits per heavy atom. The van der Waals surface area contributed by atoms with Gasteiger partial charge in [-0.2, -0.15) is 0 Å². The molecule has 0 atom stereocenters. The molecule has 1 amide bonds. The summed E-state index contributed by atoms with van der Waals surface area (Å²) in [5.41, 5.74) is 1.99. The van der Waals surface area contributed by atoms with Gasteiger partial charge in [-0.3, -0.25) is 4.79 Å². The van der Waals surface area contributed by atoms with Crippen molar-refractivity contribution in [3.05, 3.63) is 53.1 Å². The first-order valence-electron chi connectivity index (χ1n) is 12.8. The first kappa shape index (κ1) is 30.5. The van der Waals surface area contributed by atoms with Crippen LogP contribution in [0.3, 0.4) is 0 Å². The predicted octanol–water partition coefficient (Wildman–Crippen LogP) is 7.04. The lowest BCUT2D eigenvalue weighted by molar-refractivity contribution is -0.274. The summed E-state index contributed by atoms with van der Waals surface area (Å²) in [6, 6.07) is 9.54. The Balaban J connectivity index is 1.61. The minimum absolute atomic E-state index is 0.00380. The van der Waals surface area contributed by atoms with Gasteiger partial charge in [0.05, 0.1) is 12.3 Å². The molecule has 0 aliphatic carbocycles. The highest BCUT2D eigenvalue weighted by molar-refractivity contribution is 7.99. The second kappa shape index (κ2) is 13.3. The van der Waals surface area contributed by atoms with Gasteiger partial charge >= 0.3 is 12.5 Å². The zero-order chi connectivity index (χ0) is 28.6. The van der Waals surface area contributed by atoms with Gasteiger partial charge in [0.2, 0.25) is 0 Å². The molecular weight excluding hydrogens is 533 g/mol. The van der Waals surface area contributed by atoms with Crippen molar-refractivity contribution in [2.75, 3.05) is 30.7 Å². The predicted molar refractivity (Wildman–Crippen MR) is 146 cm³/mol. The standard InChI is InChI=1S/C28H35F3N2O5S/c1-27(2,3)38-26(35)33(15-12-19-9-5-6-11-24(19)37-28(29,30)31)14-8-7-10-23(34)21-17-20-13-16-36-25(20)22(18-21)32-39-4/h5-6,9,11,17-18,32H,7-8,10,12-16H2,1-4H3. The lowest BCUT2D eigenvalue weighted by atomic mass is 10.0. The van der Waals surface area contributed by atoms with Crippen LogP contribution < -0.4 is 14.2 Å². The molecule has 2 aromatic carbocycles. The zero-order valence-electron chi connectivity index (χ0n) is 22.7. The summed E-state index contributed by atoms with van der Waals surface area (Å²) < 4.78 is 56.9. The molecule has 0 spiro atoms. The molecule has 1 aliphatic rings. The van der Waals surface area contributed by atoms with Gasteiger partial charge in [-0.15, -0.1) is 13.2 Å². The number of carbonyl (C=O) groups excluding carboxylic acids is 2. The van der Waals surface area contributed by atoms with E-state index in [0.717, 1.165) is 23.4 Å². The van der Waals surface area contributed by atoms with Gasteiger partial charge in [-0.1, -0.05) is 30.1 Å². The molecule has 1 heterocycles. The normalized spacial score (nSPS) is 12.9. The molecule has 3 rings (SSSR count). The summed E-state index contributed by atoms with van der Waals surface area (Å²) in [5, 5.41) is 0. The van der Waals surface area contributed by atoms with Crippen molar-refractivity contribution >= 4 is 29.5 Å². The fourth-order valence-electron chi connectivity index (χ4n) is 4.20. The number of hydrogen-bond acceptors (Lipinski definition) is 7. The maximum absolute atomic E-state index is 12.9. The Labute approximate surface area is 231 Å². The van der Waals surface area contributed by atoms with Crippen LogP contribution in [0.2, 0.25) is 0 Å². The number of unbranched alkanes of at least 4 members (excludes halogenated alkanes) is 1. The molecule has 1 N–H and O–H groups in total. The Morgan fingerprint density at radius 1 is 1.10 bits per heavy atom. The largest absolute Gasteiger partial charge is 0.573 e. The van der Waals surface area contributed by atoms with Gasteiger partial charge < -0.3 is 23.8 Å². The van der Waals surface area contributed by atoms with Gasteiger partial charge in [0.25, 0.3) is 0 Å². The molecule has 2 aromatic rings. The van der Waals surface area contributed by atoms with Gasteiger partial charge in [0, 0.05) is 43.3 Å². The number of ether oxygens (including phenoxy) is 3. The summed E-state index contributed by atoms with van der Waals surface area (Å²) in [5.74, 6) is 0.488. The topological polar surface area (TPSA) is 77.1 Å². The molecule has 0 fully saturated rings. The SMILES string of the molecule is CSNc1cc(C(=O)CCCCN(CCc2ccccc2OC(F)(F)F)C(=O)OC(C)(C)C)cc2c1OCC2. The van der Waals surface area contributed by atoms with Crippen LogP contribution in [-0.4, -0.2) is 54.7 Å². The number of anilines is 1. The quantitative estimate of drug-likeness (QED) is 0.167. The number of nitrogens with zero attached hydrogens (tertiary/aromatic N) is 1. The first-order valence-corrected chi connectivity index (χ1v) is 14.0. The smallest absolute Gasteiger partial charge is 0.491 e. The minimum Gasteiger partial charge on any atom is -0.491 e. The molecule has 214 valence electrons. The number of benzene rings is 2. The Kier molecular flexibility index (Phi) is 10.4. The number of nitrogens with one attached hydrogen (secondary N) is 1. The third-order valence-corrected chi connectivity index (χ3v) is 6.32. The highest BCUT2D eigenvalue weighted by Crippen LogP contribution is 2.36. The van der Waals surface area contributed by atoms with E-state index < -0.39 is 18.1 Å². The summed E-state index contributed by atoms with van der Waals surface area (Å²) in [6.45, 7) is 6.25. The fraction of sp³-hybridized carbons (Fsp3) is 0.500. The van der Waals surface area contributed by atoms with Gasteiger partial charge in [0.1, 0.15) is 17.1 Å². The van der Waals surface area contributed by atoms with Crippen LogP contribution in [0.25, 0.3) is 0 Å². The van der Waals surface area contributed by atoms with Crippen molar-refractivity contribution in [3.8, 4) is 11.5 Å². The number of alkyl halides is 3. The van der Waals surface area contributed by atoms with E-state index in [2.05, 4.69) is 9.46 Å². The monoisotopic (exact) mass is 568 g/mol. The molecule has 0 saturated carbocycles. The lowest BCUT2D eigenvalue weighted by Gasteiger charge is -2.27. The van der Waals surface area contributed by atoms with E-state index in [4.69, 9.17) is 9.47 Å². The average molecular weight is 569 g/mol. The molecule has 0 bridgehead atoms. The van der Waals surface area contributed by atoms with Crippen LogP contribution in [0.15, 0.2) is 36.4 Å². The number of hydrogen-bond donors (Lipinski definition) is 1. The van der Waals surface area contributed by atoms with Crippen molar-refractivity contribution in [2.24, 2.45) is 0 Å². The molecule has 1 aliphatic heterocycles. The second-order valence-electron chi connectivity index (χ2n) is 10.2. The number of ketones is 1. The number of para-hydroxylation sites is 1. The van der Waals surface area contributed by atoms with E-state index in [-0.39, 0.29) is 24.5 Å². The summed E-state index contributed by atoms with van der Waals surface area (Å²) in [4.78, 5) is 27.3. The Bertz CT molecular complexity index is 1150. The molecule has 0 saturated heterocycles. The maximum atomic E-state index is 12.9. The Hall–Kier alpha value is -3.08. The number of carbonyl (C=O) groups is 2. The second-order valence-corrected chi connectivity index (χ2v) is 10.8. The molecule has 0 radical (unpaired) electrons. The highest BCUT2D eigenvalue weighted by atomic mass is 32.2. The molecule has 39 heavy (non-hydrogen) atoms. The van der Waals surface area contributed by atoms with Crippen LogP contribution in [0.1, 0.15) is 61.5 Å². The third kappa shape index (κ3) is 9.56. The Morgan fingerprint density at radius 2 is 1.85 bits per heavy atom. The number of halogens is 3. The number of amides is 1. The fourth-order valence-corrected chi connectivity index (χ4v) is 4.57. The van der Waals surface area contributed by atoms with Crippen LogP contribution in [0.5, 0.6) is 11.5 Å². The number of rotatable bonds is 12. The maximum Gasteiger partial charge on any atom is 0.573 e. The lowest BCUT2D eigenvalue weighted by Crippen LogP contribution is -2.38. The first-order chi connectivity index (χ1) is 18.4. The summed E-state index contributed by atoms with van der Waals surface area (Å²) in [6.07, 6.45) is -1.23. The molecule has 0 unspecified atom stereocenters. The van der Waals surface area contributed by atoms with E-state index in [1.165, 1.54) is 35.0 Å². The molecule has 11 heteroatoms. The van der Waals surface area contributed by atoms with E-state index in [1.807, 2.05) is 12.3 Å². The van der Waals surface area contributed by atoms with Crippen molar-refractivity contribution < 1.29 is 37.0 Å². The highest BCUT2D eigenvalue weighted by Gasteiger charge is 2.32.